The van der Waals surface area contributed by atoms with E-state index in [1.807, 2.05) is 26.0 Å². The van der Waals surface area contributed by atoms with Crippen molar-refractivity contribution >= 4 is 0 Å². The second-order valence-electron chi connectivity index (χ2n) is 2.55. The van der Waals surface area contributed by atoms with E-state index in [0.717, 1.165) is 13.1 Å². The fraction of sp³-hybridized carbons (Fsp3) is 1.00. The molecule has 1 rings (SSSR count). The summed E-state index contributed by atoms with van der Waals surface area (Å²) in [5.41, 5.74) is 5.94. The summed E-state index contributed by atoms with van der Waals surface area (Å²) < 4.78 is 0. The summed E-state index contributed by atoms with van der Waals surface area (Å²) in [4.78, 5) is 2.00. The van der Waals surface area contributed by atoms with Crippen LogP contribution in [0.15, 0.2) is 0 Å². The fourth-order valence-corrected chi connectivity index (χ4v) is 0.442. The van der Waals surface area contributed by atoms with Gasteiger partial charge in [-0.3, -0.25) is 10.9 Å². The van der Waals surface area contributed by atoms with E-state index in [1.165, 1.54) is 6.42 Å². The number of hydrazine groups is 1. The largest absolute Gasteiger partial charge is 0.312 e. The molecular weight excluding hydrogens is 114 g/mol. The Morgan fingerprint density at radius 2 is 1.33 bits per heavy atom. The average Bonchev–Trinajstić information content (AvgIpc) is 2.11. The van der Waals surface area contributed by atoms with Gasteiger partial charge in [0.25, 0.3) is 0 Å². The predicted octanol–water partition coefficient (Wildman–Crippen LogP) is -0.338. The number of nitrogens with one attached hydrogen (secondary N) is 2. The molecule has 0 radical (unpaired) electrons. The van der Waals surface area contributed by atoms with Crippen LogP contribution in [0.3, 0.4) is 0 Å². The third-order valence-corrected chi connectivity index (χ3v) is 0.729. The number of rotatable bonds is 0. The second-order valence-corrected chi connectivity index (χ2v) is 2.55. The maximum absolute atomic E-state index is 2.97. The van der Waals surface area contributed by atoms with E-state index in [-0.39, 0.29) is 0 Å². The molecule has 1 saturated heterocycles. The van der Waals surface area contributed by atoms with E-state index in [4.69, 9.17) is 0 Å². The highest BCUT2D eigenvalue weighted by atomic mass is 15.4. The maximum Gasteiger partial charge on any atom is 0.0112 e. The van der Waals surface area contributed by atoms with E-state index in [1.54, 1.807) is 0 Å². The summed E-state index contributed by atoms with van der Waals surface area (Å²) >= 11 is 0. The van der Waals surface area contributed by atoms with Crippen LogP contribution in [0.25, 0.3) is 0 Å². The first-order valence-electron chi connectivity index (χ1n) is 3.30. The molecule has 3 heteroatoms. The van der Waals surface area contributed by atoms with Crippen molar-refractivity contribution in [2.24, 2.45) is 0 Å². The standard InChI is InChI=1S/C3H8N2.C3H9N/c1-2-4-5-3-1;1-4(2)3/h4-5H,1-3H2;1-3H3. The Hall–Kier alpha value is -0.120. The van der Waals surface area contributed by atoms with Gasteiger partial charge in [0.2, 0.25) is 0 Å². The smallest absolute Gasteiger partial charge is 0.0112 e. The number of hydrogen-bond acceptors (Lipinski definition) is 3. The van der Waals surface area contributed by atoms with Crippen LogP contribution in [0.2, 0.25) is 0 Å². The van der Waals surface area contributed by atoms with Crippen molar-refractivity contribution in [1.29, 1.82) is 0 Å². The first kappa shape index (κ1) is 8.88. The summed E-state index contributed by atoms with van der Waals surface area (Å²) in [7, 11) is 6.00. The van der Waals surface area contributed by atoms with Gasteiger partial charge in [-0.05, 0) is 27.6 Å². The van der Waals surface area contributed by atoms with Gasteiger partial charge in [-0.2, -0.15) is 0 Å². The zero-order chi connectivity index (χ0) is 7.11. The average molecular weight is 131 g/mol. The molecule has 3 nitrogen and oxygen atoms in total. The Balaban J connectivity index is 0.000000148. The minimum Gasteiger partial charge on any atom is -0.312 e. The number of hydrogen-bond donors (Lipinski definition) is 2. The molecule has 0 aromatic heterocycles. The van der Waals surface area contributed by atoms with Gasteiger partial charge in [-0.15, -0.1) is 0 Å². The van der Waals surface area contributed by atoms with Crippen LogP contribution in [0.5, 0.6) is 0 Å². The third-order valence-electron chi connectivity index (χ3n) is 0.729. The summed E-state index contributed by atoms with van der Waals surface area (Å²) in [6, 6.07) is 0. The van der Waals surface area contributed by atoms with Gasteiger partial charge in [0, 0.05) is 13.1 Å². The van der Waals surface area contributed by atoms with Crippen LogP contribution in [-0.4, -0.2) is 39.1 Å². The lowest BCUT2D eigenvalue weighted by Gasteiger charge is -1.90. The number of nitrogens with zero attached hydrogens (tertiary/aromatic N) is 1. The Morgan fingerprint density at radius 1 is 1.00 bits per heavy atom. The van der Waals surface area contributed by atoms with E-state index in [2.05, 4.69) is 10.9 Å². The zero-order valence-corrected chi connectivity index (χ0v) is 6.57. The summed E-state index contributed by atoms with van der Waals surface area (Å²) in [6.45, 7) is 2.28. The van der Waals surface area contributed by atoms with Crippen molar-refractivity contribution < 1.29 is 0 Å². The van der Waals surface area contributed by atoms with Gasteiger partial charge >= 0.3 is 0 Å². The zero-order valence-electron chi connectivity index (χ0n) is 6.57. The molecule has 56 valence electrons. The van der Waals surface area contributed by atoms with Gasteiger partial charge in [0.05, 0.1) is 0 Å². The normalized spacial score (nSPS) is 17.3. The van der Waals surface area contributed by atoms with Crippen molar-refractivity contribution in [2.45, 2.75) is 6.42 Å². The highest BCUT2D eigenvalue weighted by Gasteiger charge is 1.91. The molecule has 0 aromatic rings. The van der Waals surface area contributed by atoms with Crippen molar-refractivity contribution in [3.05, 3.63) is 0 Å². The van der Waals surface area contributed by atoms with Gasteiger partial charge in [-0.1, -0.05) is 0 Å². The Labute approximate surface area is 57.4 Å². The van der Waals surface area contributed by atoms with Crippen LogP contribution >= 0.6 is 0 Å². The summed E-state index contributed by atoms with van der Waals surface area (Å²) in [5.74, 6) is 0. The highest BCUT2D eigenvalue weighted by molar-refractivity contribution is 4.51. The molecule has 1 fully saturated rings. The molecule has 0 aliphatic carbocycles. The van der Waals surface area contributed by atoms with Crippen molar-refractivity contribution in [1.82, 2.24) is 15.8 Å². The molecule has 0 saturated carbocycles. The molecule has 9 heavy (non-hydrogen) atoms. The van der Waals surface area contributed by atoms with Crippen LogP contribution in [0.1, 0.15) is 6.42 Å². The summed E-state index contributed by atoms with van der Waals surface area (Å²) in [6.07, 6.45) is 1.28. The molecule has 0 unspecified atom stereocenters. The second kappa shape index (κ2) is 6.01. The molecule has 0 amide bonds. The van der Waals surface area contributed by atoms with Crippen LogP contribution in [0, 0.1) is 0 Å². The van der Waals surface area contributed by atoms with E-state index in [0.29, 0.717) is 0 Å². The van der Waals surface area contributed by atoms with Crippen molar-refractivity contribution in [3.8, 4) is 0 Å². The van der Waals surface area contributed by atoms with Gasteiger partial charge in [0.15, 0.2) is 0 Å². The van der Waals surface area contributed by atoms with Gasteiger partial charge in [0.1, 0.15) is 0 Å². The molecule has 1 aliphatic heterocycles. The Bertz CT molecular complexity index is 39.9. The van der Waals surface area contributed by atoms with Crippen LogP contribution < -0.4 is 10.9 Å². The lowest BCUT2D eigenvalue weighted by Crippen LogP contribution is -2.21. The Kier molecular flexibility index (Phi) is 5.93. The molecule has 2 N–H and O–H groups in total. The predicted molar refractivity (Wildman–Crippen MR) is 40.2 cm³/mol. The SMILES string of the molecule is C1CNNC1.CN(C)C. The Morgan fingerprint density at radius 3 is 1.44 bits per heavy atom. The molecule has 0 aromatic carbocycles. The minimum absolute atomic E-state index is 1.14. The minimum atomic E-state index is 1.14. The molecule has 0 bridgehead atoms. The molecular formula is C6H17N3. The van der Waals surface area contributed by atoms with Crippen LogP contribution in [0.4, 0.5) is 0 Å². The maximum atomic E-state index is 2.97. The third kappa shape index (κ3) is 11.4. The monoisotopic (exact) mass is 131 g/mol. The van der Waals surface area contributed by atoms with Crippen molar-refractivity contribution in [2.75, 3.05) is 34.2 Å². The highest BCUT2D eigenvalue weighted by Crippen LogP contribution is 1.74. The van der Waals surface area contributed by atoms with Gasteiger partial charge < -0.3 is 4.90 Å². The van der Waals surface area contributed by atoms with Gasteiger partial charge in [-0.25, -0.2) is 0 Å². The molecule has 0 atom stereocenters. The topological polar surface area (TPSA) is 27.3 Å². The van der Waals surface area contributed by atoms with E-state index >= 15 is 0 Å². The lowest BCUT2D eigenvalue weighted by atomic mass is 10.5. The molecule has 0 spiro atoms. The van der Waals surface area contributed by atoms with E-state index < -0.39 is 0 Å². The summed E-state index contributed by atoms with van der Waals surface area (Å²) in [5, 5.41) is 0. The quantitative estimate of drug-likeness (QED) is 0.471. The van der Waals surface area contributed by atoms with E-state index in [9.17, 15) is 0 Å². The first-order chi connectivity index (χ1) is 4.23. The fourth-order valence-electron chi connectivity index (χ4n) is 0.442. The van der Waals surface area contributed by atoms with Crippen LogP contribution in [-0.2, 0) is 0 Å². The molecule has 1 heterocycles. The van der Waals surface area contributed by atoms with Crippen molar-refractivity contribution in [3.63, 3.8) is 0 Å². The first-order valence-corrected chi connectivity index (χ1v) is 3.30. The molecule has 1 aliphatic rings. The lowest BCUT2D eigenvalue weighted by molar-refractivity contribution is 0.505.